The van der Waals surface area contributed by atoms with Gasteiger partial charge in [-0.25, -0.2) is 0 Å². The summed E-state index contributed by atoms with van der Waals surface area (Å²) in [6.45, 7) is 2.37. The highest BCUT2D eigenvalue weighted by Crippen LogP contribution is 2.30. The standard InChI is InChI=1S/C15H15N3O4/c1-9-3-2-4-10-7-11(8-22-14(9)10)17-12-5-6-16-15(19)13(12)18(20)21/h2-6,11H,7-8H2,1H3,(H2,16,17,19)/t11-/m0/s1. The van der Waals surface area contributed by atoms with Gasteiger partial charge < -0.3 is 15.0 Å². The molecule has 1 atom stereocenters. The zero-order valence-electron chi connectivity index (χ0n) is 12.0. The molecule has 1 aliphatic rings. The monoisotopic (exact) mass is 301 g/mol. The Labute approximate surface area is 126 Å². The van der Waals surface area contributed by atoms with E-state index in [2.05, 4.69) is 10.3 Å². The molecule has 0 spiro atoms. The number of rotatable bonds is 3. The second-order valence-electron chi connectivity index (χ2n) is 5.25. The predicted octanol–water partition coefficient (Wildman–Crippen LogP) is 2.01. The molecule has 3 rings (SSSR count). The SMILES string of the molecule is Cc1cccc2c1OC[C@@H](Nc1cc[nH]c(=O)c1[N+](=O)[O-])C2. The molecule has 0 saturated heterocycles. The van der Waals surface area contributed by atoms with Crippen LogP contribution in [0.3, 0.4) is 0 Å². The highest BCUT2D eigenvalue weighted by atomic mass is 16.6. The molecule has 22 heavy (non-hydrogen) atoms. The number of H-pyrrole nitrogens is 1. The molecule has 0 amide bonds. The van der Waals surface area contributed by atoms with Gasteiger partial charge in [-0.1, -0.05) is 18.2 Å². The summed E-state index contributed by atoms with van der Waals surface area (Å²) in [5, 5.41) is 14.1. The Hall–Kier alpha value is -2.83. The van der Waals surface area contributed by atoms with Crippen molar-refractivity contribution in [2.75, 3.05) is 11.9 Å². The Kier molecular flexibility index (Phi) is 3.54. The zero-order chi connectivity index (χ0) is 15.7. The van der Waals surface area contributed by atoms with Crippen molar-refractivity contribution in [3.63, 3.8) is 0 Å². The summed E-state index contributed by atoms with van der Waals surface area (Å²) in [6, 6.07) is 7.27. The van der Waals surface area contributed by atoms with Gasteiger partial charge in [0.2, 0.25) is 0 Å². The Morgan fingerprint density at radius 1 is 1.41 bits per heavy atom. The first-order chi connectivity index (χ1) is 10.6. The van der Waals surface area contributed by atoms with E-state index in [4.69, 9.17) is 4.74 Å². The number of nitrogens with one attached hydrogen (secondary N) is 2. The fourth-order valence-corrected chi connectivity index (χ4v) is 2.67. The number of aromatic nitrogens is 1. The molecule has 2 aromatic rings. The number of para-hydroxylation sites is 1. The van der Waals surface area contributed by atoms with Gasteiger partial charge >= 0.3 is 11.2 Å². The number of aryl methyl sites for hydroxylation is 1. The number of nitro groups is 1. The maximum Gasteiger partial charge on any atom is 0.356 e. The number of hydrogen-bond acceptors (Lipinski definition) is 5. The van der Waals surface area contributed by atoms with Gasteiger partial charge in [-0.2, -0.15) is 0 Å². The number of ether oxygens (including phenoxy) is 1. The van der Waals surface area contributed by atoms with Crippen LogP contribution in [0, 0.1) is 17.0 Å². The molecular weight excluding hydrogens is 286 g/mol. The smallest absolute Gasteiger partial charge is 0.356 e. The summed E-state index contributed by atoms with van der Waals surface area (Å²) in [5.41, 5.74) is 1.13. The first kappa shape index (κ1) is 14.1. The number of pyridine rings is 1. The van der Waals surface area contributed by atoms with Crippen molar-refractivity contribution >= 4 is 11.4 Å². The van der Waals surface area contributed by atoms with Crippen LogP contribution >= 0.6 is 0 Å². The highest BCUT2D eigenvalue weighted by molar-refractivity contribution is 5.60. The van der Waals surface area contributed by atoms with E-state index < -0.39 is 16.2 Å². The lowest BCUT2D eigenvalue weighted by Gasteiger charge is -2.27. The van der Waals surface area contributed by atoms with Gasteiger partial charge in [0.05, 0.1) is 11.0 Å². The molecule has 7 heteroatoms. The zero-order valence-corrected chi connectivity index (χ0v) is 12.0. The highest BCUT2D eigenvalue weighted by Gasteiger charge is 2.25. The normalized spacial score (nSPS) is 16.5. The molecule has 1 aromatic carbocycles. The third-order valence-electron chi connectivity index (χ3n) is 3.67. The quantitative estimate of drug-likeness (QED) is 0.667. The molecule has 0 fully saturated rings. The average molecular weight is 301 g/mol. The maximum atomic E-state index is 11.6. The third-order valence-corrected chi connectivity index (χ3v) is 3.67. The van der Waals surface area contributed by atoms with E-state index >= 15 is 0 Å². The number of benzene rings is 1. The van der Waals surface area contributed by atoms with Crippen LogP contribution in [-0.2, 0) is 6.42 Å². The first-order valence-corrected chi connectivity index (χ1v) is 6.90. The van der Waals surface area contributed by atoms with Crippen molar-refractivity contribution < 1.29 is 9.66 Å². The van der Waals surface area contributed by atoms with Gasteiger partial charge in [0.15, 0.2) is 0 Å². The first-order valence-electron chi connectivity index (χ1n) is 6.90. The molecule has 0 aliphatic carbocycles. The van der Waals surface area contributed by atoms with Crippen LogP contribution in [0.5, 0.6) is 5.75 Å². The third kappa shape index (κ3) is 2.52. The minimum atomic E-state index is -0.719. The van der Waals surface area contributed by atoms with Crippen LogP contribution in [0.1, 0.15) is 11.1 Å². The molecule has 2 heterocycles. The van der Waals surface area contributed by atoms with Crippen molar-refractivity contribution in [3.05, 3.63) is 62.1 Å². The van der Waals surface area contributed by atoms with Crippen LogP contribution < -0.4 is 15.6 Å². The molecule has 0 radical (unpaired) electrons. The van der Waals surface area contributed by atoms with Gasteiger partial charge in [0.1, 0.15) is 18.0 Å². The van der Waals surface area contributed by atoms with Gasteiger partial charge in [0, 0.05) is 6.20 Å². The summed E-state index contributed by atoms with van der Waals surface area (Å²) < 4.78 is 5.75. The van der Waals surface area contributed by atoms with E-state index in [1.54, 1.807) is 0 Å². The topological polar surface area (TPSA) is 97.3 Å². The summed E-state index contributed by atoms with van der Waals surface area (Å²) in [7, 11) is 0. The van der Waals surface area contributed by atoms with Gasteiger partial charge in [-0.15, -0.1) is 0 Å². The molecule has 114 valence electrons. The molecule has 1 aliphatic heterocycles. The minimum absolute atomic E-state index is 0.130. The van der Waals surface area contributed by atoms with Gasteiger partial charge in [0.25, 0.3) is 0 Å². The Balaban J connectivity index is 1.86. The lowest BCUT2D eigenvalue weighted by atomic mass is 10.00. The van der Waals surface area contributed by atoms with Crippen molar-refractivity contribution in [2.45, 2.75) is 19.4 Å². The van der Waals surface area contributed by atoms with Gasteiger partial charge in [-0.3, -0.25) is 14.9 Å². The molecule has 7 nitrogen and oxygen atoms in total. The second-order valence-corrected chi connectivity index (χ2v) is 5.25. The van der Waals surface area contributed by atoms with Crippen molar-refractivity contribution in [2.24, 2.45) is 0 Å². The number of fused-ring (bicyclic) bond motifs is 1. The van der Waals surface area contributed by atoms with E-state index in [9.17, 15) is 14.9 Å². The van der Waals surface area contributed by atoms with Crippen molar-refractivity contribution in [1.82, 2.24) is 4.98 Å². The lowest BCUT2D eigenvalue weighted by molar-refractivity contribution is -0.385. The molecule has 0 unspecified atom stereocenters. The van der Waals surface area contributed by atoms with E-state index in [0.717, 1.165) is 16.9 Å². The minimum Gasteiger partial charge on any atom is -0.491 e. The molecule has 1 aromatic heterocycles. The van der Waals surface area contributed by atoms with Gasteiger partial charge in [-0.05, 0) is 30.5 Å². The van der Waals surface area contributed by atoms with Crippen LogP contribution in [-0.4, -0.2) is 22.6 Å². The fourth-order valence-electron chi connectivity index (χ4n) is 2.67. The fraction of sp³-hybridized carbons (Fsp3) is 0.267. The van der Waals surface area contributed by atoms with E-state index in [-0.39, 0.29) is 11.7 Å². The van der Waals surface area contributed by atoms with E-state index in [0.29, 0.717) is 13.0 Å². The number of aromatic amines is 1. The maximum absolute atomic E-state index is 11.6. The number of nitrogens with zero attached hydrogens (tertiary/aromatic N) is 1. The van der Waals surface area contributed by atoms with E-state index in [1.807, 2.05) is 25.1 Å². The molecular formula is C15H15N3O4. The summed E-state index contributed by atoms with van der Waals surface area (Å²) in [4.78, 5) is 24.3. The largest absolute Gasteiger partial charge is 0.491 e. The lowest BCUT2D eigenvalue weighted by Crippen LogP contribution is -2.34. The Morgan fingerprint density at radius 3 is 3.00 bits per heavy atom. The Bertz CT molecular complexity index is 785. The Morgan fingerprint density at radius 2 is 2.23 bits per heavy atom. The summed E-state index contributed by atoms with van der Waals surface area (Å²) in [6.07, 6.45) is 2.07. The molecule has 2 N–H and O–H groups in total. The average Bonchev–Trinajstić information content (AvgIpc) is 2.47. The van der Waals surface area contributed by atoms with Crippen molar-refractivity contribution in [3.8, 4) is 5.75 Å². The molecule has 0 saturated carbocycles. The number of anilines is 1. The summed E-state index contributed by atoms with van der Waals surface area (Å²) >= 11 is 0. The van der Waals surface area contributed by atoms with Crippen LogP contribution in [0.15, 0.2) is 35.3 Å². The molecule has 0 bridgehead atoms. The van der Waals surface area contributed by atoms with E-state index in [1.165, 1.54) is 12.3 Å². The van der Waals surface area contributed by atoms with Crippen LogP contribution in [0.25, 0.3) is 0 Å². The number of hydrogen-bond donors (Lipinski definition) is 2. The van der Waals surface area contributed by atoms with Crippen LogP contribution in [0.4, 0.5) is 11.4 Å². The predicted molar refractivity (Wildman–Crippen MR) is 81.5 cm³/mol. The van der Waals surface area contributed by atoms with Crippen molar-refractivity contribution in [1.29, 1.82) is 0 Å². The van der Waals surface area contributed by atoms with Crippen LogP contribution in [0.2, 0.25) is 0 Å². The summed E-state index contributed by atoms with van der Waals surface area (Å²) in [5.74, 6) is 0.876. The second kappa shape index (κ2) is 5.51.